The van der Waals surface area contributed by atoms with E-state index in [1.54, 1.807) is 6.07 Å². The van der Waals surface area contributed by atoms with Crippen LogP contribution in [0, 0.1) is 10.2 Å². The van der Waals surface area contributed by atoms with Crippen molar-refractivity contribution in [3.8, 4) is 0 Å². The van der Waals surface area contributed by atoms with Crippen molar-refractivity contribution < 1.29 is 22.3 Å². The van der Waals surface area contributed by atoms with Gasteiger partial charge in [0.15, 0.2) is 19.8 Å². The van der Waals surface area contributed by atoms with E-state index in [4.69, 9.17) is 4.78 Å². The zero-order chi connectivity index (χ0) is 28.8. The molecule has 8 nitrogen and oxygen atoms in total. The first-order chi connectivity index (χ1) is 18.3. The smallest absolute Gasteiger partial charge is 0.179 e. The third-order valence-corrected chi connectivity index (χ3v) is 10.7. The zero-order valence-corrected chi connectivity index (χ0v) is 25.3. The van der Waals surface area contributed by atoms with E-state index in [1.165, 1.54) is 0 Å². The van der Waals surface area contributed by atoms with Crippen LogP contribution in [0.25, 0.3) is 0 Å². The number of benzene rings is 2. The largest absolute Gasteiger partial charge is 0.392 e. The lowest BCUT2D eigenvalue weighted by Gasteiger charge is -2.40. The minimum absolute atomic E-state index is 0.0719. The molecule has 39 heavy (non-hydrogen) atoms. The molecule has 218 valence electrons. The summed E-state index contributed by atoms with van der Waals surface area (Å²) in [5.74, 6) is -0.730. The summed E-state index contributed by atoms with van der Waals surface area (Å²) in [6.45, 7) is 4.59. The first-order valence-electron chi connectivity index (χ1n) is 13.9. The minimum Gasteiger partial charge on any atom is -0.392 e. The lowest BCUT2D eigenvalue weighted by atomic mass is 9.68. The van der Waals surface area contributed by atoms with Crippen molar-refractivity contribution in [2.75, 3.05) is 42.4 Å². The molecule has 0 saturated carbocycles. The van der Waals surface area contributed by atoms with Gasteiger partial charge < -0.3 is 19.9 Å². The van der Waals surface area contributed by atoms with Crippen molar-refractivity contribution >= 4 is 31.2 Å². The standard InChI is InChI=1S/C29H45N3O5S2/c1-5-7-15-29(16-8-6-2)21-38(34,35)26-14-13-24(32(3)4)20-25(26)27(28(29)33)22-11-9-12-23(19-22)31-17-10-18-39(30,36)37/h9,11-14,19-20,27-28,31,33H,5-8,10,15-18,21H2,1-4H3,(H2,30,36,37)/t27-,28-/m1/s1. The number of hydrogen-bond acceptors (Lipinski definition) is 7. The molecule has 3 rings (SSSR count). The third kappa shape index (κ3) is 7.74. The molecular formula is C29H45N3O5S2. The molecule has 2 aromatic rings. The van der Waals surface area contributed by atoms with Crippen molar-refractivity contribution in [1.82, 2.24) is 0 Å². The lowest BCUT2D eigenvalue weighted by molar-refractivity contribution is 0.0127. The van der Waals surface area contributed by atoms with Crippen molar-refractivity contribution in [3.05, 3.63) is 53.6 Å². The summed E-state index contributed by atoms with van der Waals surface area (Å²) in [6, 6.07) is 13.1. The van der Waals surface area contributed by atoms with Crippen molar-refractivity contribution in [1.29, 1.82) is 4.78 Å². The topological polar surface area (TPSA) is 131 Å². The molecule has 10 heteroatoms. The van der Waals surface area contributed by atoms with Gasteiger partial charge in [0.05, 0.1) is 22.5 Å². The van der Waals surface area contributed by atoms with Crippen LogP contribution >= 0.6 is 0 Å². The third-order valence-electron chi connectivity index (χ3n) is 7.83. The molecule has 4 N–H and O–H groups in total. The Bertz CT molecular complexity index is 1320. The number of nitrogens with zero attached hydrogens (tertiary/aromatic N) is 1. The molecule has 2 aromatic carbocycles. The second kappa shape index (κ2) is 13.0. The number of hydrogen-bond donors (Lipinski definition) is 4. The number of aliphatic hydroxyl groups excluding tert-OH is 1. The van der Waals surface area contributed by atoms with Crippen molar-refractivity contribution in [3.63, 3.8) is 0 Å². The summed E-state index contributed by atoms with van der Waals surface area (Å²) < 4.78 is 55.6. The summed E-state index contributed by atoms with van der Waals surface area (Å²) in [5, 5.41) is 15.5. The van der Waals surface area contributed by atoms with E-state index in [-0.39, 0.29) is 11.5 Å². The van der Waals surface area contributed by atoms with Gasteiger partial charge in [0.1, 0.15) is 0 Å². The molecule has 0 fully saturated rings. The van der Waals surface area contributed by atoms with Gasteiger partial charge in [0.2, 0.25) is 0 Å². The van der Waals surface area contributed by atoms with Crippen LogP contribution in [-0.4, -0.2) is 60.5 Å². The fourth-order valence-corrected chi connectivity index (χ4v) is 8.46. The highest BCUT2D eigenvalue weighted by molar-refractivity contribution is 7.91. The molecule has 0 amide bonds. The molecular weight excluding hydrogens is 534 g/mol. The maximum atomic E-state index is 14.0. The minimum atomic E-state index is -3.67. The Hall–Kier alpha value is -2.14. The predicted molar refractivity (Wildman–Crippen MR) is 160 cm³/mol. The highest BCUT2D eigenvalue weighted by atomic mass is 32.2. The van der Waals surface area contributed by atoms with Crippen LogP contribution in [-0.2, 0) is 19.8 Å². The zero-order valence-electron chi connectivity index (χ0n) is 23.7. The number of sulfone groups is 1. The average Bonchev–Trinajstić information content (AvgIpc) is 2.94. The lowest BCUT2D eigenvalue weighted by Crippen LogP contribution is -2.43. The molecule has 1 aliphatic rings. The second-order valence-electron chi connectivity index (χ2n) is 11.1. The van der Waals surface area contributed by atoms with Crippen LogP contribution in [0.2, 0.25) is 0 Å². The number of rotatable bonds is 13. The Morgan fingerprint density at radius 1 is 1.08 bits per heavy atom. The Balaban J connectivity index is 2.16. The Morgan fingerprint density at radius 2 is 1.74 bits per heavy atom. The monoisotopic (exact) mass is 579 g/mol. The van der Waals surface area contributed by atoms with Crippen LogP contribution in [0.3, 0.4) is 0 Å². The van der Waals surface area contributed by atoms with Gasteiger partial charge in [-0.3, -0.25) is 0 Å². The molecule has 0 bridgehead atoms. The van der Waals surface area contributed by atoms with Gasteiger partial charge in [-0.15, -0.1) is 0 Å². The maximum Gasteiger partial charge on any atom is 0.179 e. The van der Waals surface area contributed by atoms with E-state index in [1.807, 2.05) is 55.4 Å². The van der Waals surface area contributed by atoms with E-state index in [9.17, 15) is 22.3 Å². The van der Waals surface area contributed by atoms with Crippen LogP contribution in [0.15, 0.2) is 47.4 Å². The number of aliphatic hydroxyl groups is 1. The molecule has 1 aliphatic heterocycles. The molecule has 1 heterocycles. The summed E-state index contributed by atoms with van der Waals surface area (Å²) >= 11 is 0. The average molecular weight is 580 g/mol. The van der Waals surface area contributed by atoms with Gasteiger partial charge in [-0.2, -0.15) is 0 Å². The molecule has 1 unspecified atom stereocenters. The molecule has 3 atom stereocenters. The van der Waals surface area contributed by atoms with Gasteiger partial charge in [-0.1, -0.05) is 51.7 Å². The SMILES string of the molecule is CCCCC1(CCCC)CS(=O)(=O)c2ccc(N(C)C)cc2[C@@H](c2cccc(NCCCS(=N)(=O)O)c2)[C@H]1O. The number of fused-ring (bicyclic) bond motifs is 1. The first kappa shape index (κ1) is 31.4. The fraction of sp³-hybridized carbons (Fsp3) is 0.586. The second-order valence-corrected chi connectivity index (χ2v) is 14.8. The highest BCUT2D eigenvalue weighted by Gasteiger charge is 2.49. The van der Waals surface area contributed by atoms with E-state index < -0.39 is 37.3 Å². The first-order valence-corrected chi connectivity index (χ1v) is 17.2. The summed E-state index contributed by atoms with van der Waals surface area (Å²) in [6.07, 6.45) is 4.26. The molecule has 0 spiro atoms. The van der Waals surface area contributed by atoms with E-state index in [2.05, 4.69) is 19.2 Å². The summed E-state index contributed by atoms with van der Waals surface area (Å²) in [4.78, 5) is 2.23. The van der Waals surface area contributed by atoms with Gasteiger partial charge >= 0.3 is 0 Å². The van der Waals surface area contributed by atoms with Gasteiger partial charge in [-0.05, 0) is 60.7 Å². The number of unbranched alkanes of at least 4 members (excludes halogenated alkanes) is 2. The van der Waals surface area contributed by atoms with Crippen LogP contribution in [0.5, 0.6) is 0 Å². The molecule has 0 saturated heterocycles. The van der Waals surface area contributed by atoms with Crippen LogP contribution in [0.4, 0.5) is 11.4 Å². The summed E-state index contributed by atoms with van der Waals surface area (Å²) in [7, 11) is -3.37. The Labute approximate surface area is 234 Å². The van der Waals surface area contributed by atoms with E-state index in [0.717, 1.165) is 42.6 Å². The van der Waals surface area contributed by atoms with Gasteiger partial charge in [-0.25, -0.2) is 17.4 Å². The predicted octanol–water partition coefficient (Wildman–Crippen LogP) is 5.72. The quantitative estimate of drug-likeness (QED) is 0.223. The van der Waals surface area contributed by atoms with Crippen LogP contribution < -0.4 is 10.2 Å². The molecule has 0 aliphatic carbocycles. The van der Waals surface area contributed by atoms with E-state index >= 15 is 0 Å². The maximum absolute atomic E-state index is 14.0. The highest BCUT2D eigenvalue weighted by Crippen LogP contribution is 2.50. The summed E-state index contributed by atoms with van der Waals surface area (Å²) in [5.41, 5.74) is 2.32. The van der Waals surface area contributed by atoms with Gasteiger partial charge in [0, 0.05) is 43.3 Å². The van der Waals surface area contributed by atoms with E-state index in [0.29, 0.717) is 36.3 Å². The fourth-order valence-electron chi connectivity index (χ4n) is 5.73. The Kier molecular flexibility index (Phi) is 10.5. The number of anilines is 2. The van der Waals surface area contributed by atoms with Crippen LogP contribution in [0.1, 0.15) is 75.8 Å². The number of nitrogens with one attached hydrogen (secondary N) is 2. The Morgan fingerprint density at radius 3 is 2.33 bits per heavy atom. The normalized spacial score (nSPS) is 21.4. The van der Waals surface area contributed by atoms with Gasteiger partial charge in [0.25, 0.3) is 0 Å². The van der Waals surface area contributed by atoms with Crippen molar-refractivity contribution in [2.45, 2.75) is 75.7 Å². The molecule has 0 radical (unpaired) electrons. The molecule has 0 aromatic heterocycles. The van der Waals surface area contributed by atoms with Crippen molar-refractivity contribution in [2.24, 2.45) is 5.41 Å².